The Morgan fingerprint density at radius 1 is 1.43 bits per heavy atom. The van der Waals surface area contributed by atoms with Crippen molar-refractivity contribution in [1.82, 2.24) is 0 Å². The third kappa shape index (κ3) is 1.62. The molecule has 0 radical (unpaired) electrons. The van der Waals surface area contributed by atoms with Gasteiger partial charge in [-0.05, 0) is 31.4 Å². The van der Waals surface area contributed by atoms with Crippen LogP contribution < -0.4 is 10.6 Å². The molecule has 2 heteroatoms. The third-order valence-electron chi connectivity index (χ3n) is 3.00. The van der Waals surface area contributed by atoms with Gasteiger partial charge >= 0.3 is 0 Å². The van der Waals surface area contributed by atoms with Crippen LogP contribution in [-0.4, -0.2) is 13.6 Å². The van der Waals surface area contributed by atoms with Gasteiger partial charge < -0.3 is 10.6 Å². The van der Waals surface area contributed by atoms with Crippen molar-refractivity contribution in [3.63, 3.8) is 0 Å². The Hall–Kier alpha value is -1.02. The van der Waals surface area contributed by atoms with E-state index in [-0.39, 0.29) is 6.04 Å². The smallest absolute Gasteiger partial charge is 0.0412 e. The normalized spacial score (nSPS) is 21.6. The molecule has 0 aromatic heterocycles. The van der Waals surface area contributed by atoms with Gasteiger partial charge in [0.15, 0.2) is 0 Å². The van der Waals surface area contributed by atoms with E-state index >= 15 is 0 Å². The molecule has 0 aliphatic carbocycles. The van der Waals surface area contributed by atoms with Gasteiger partial charge in [0, 0.05) is 25.3 Å². The van der Waals surface area contributed by atoms with E-state index in [2.05, 4.69) is 37.1 Å². The molecule has 1 aromatic carbocycles. The second-order valence-corrected chi connectivity index (χ2v) is 4.23. The minimum Gasteiger partial charge on any atom is -0.374 e. The lowest BCUT2D eigenvalue weighted by molar-refractivity contribution is 0.633. The lowest BCUT2D eigenvalue weighted by atomic mass is 10.0. The van der Waals surface area contributed by atoms with Crippen molar-refractivity contribution in [2.75, 3.05) is 18.5 Å². The van der Waals surface area contributed by atoms with E-state index in [4.69, 9.17) is 5.73 Å². The highest BCUT2D eigenvalue weighted by atomic mass is 15.1. The van der Waals surface area contributed by atoms with Gasteiger partial charge in [0.25, 0.3) is 0 Å². The number of benzene rings is 1. The Bertz CT molecular complexity index is 333. The van der Waals surface area contributed by atoms with Crippen molar-refractivity contribution < 1.29 is 0 Å². The Kier molecular flexibility index (Phi) is 2.46. The molecular weight excluding hydrogens is 172 g/mol. The summed E-state index contributed by atoms with van der Waals surface area (Å²) in [5.74, 6) is 0. The minimum atomic E-state index is 0.217. The minimum absolute atomic E-state index is 0.217. The van der Waals surface area contributed by atoms with Crippen LogP contribution in [0, 0.1) is 6.92 Å². The molecule has 1 heterocycles. The SMILES string of the molecule is Cc1ccc2c(c1)C(N)CCCN2C. The van der Waals surface area contributed by atoms with E-state index in [9.17, 15) is 0 Å². The summed E-state index contributed by atoms with van der Waals surface area (Å²) >= 11 is 0. The fraction of sp³-hybridized carbons (Fsp3) is 0.500. The Balaban J connectivity index is 2.48. The van der Waals surface area contributed by atoms with E-state index in [1.54, 1.807) is 0 Å². The van der Waals surface area contributed by atoms with Crippen LogP contribution in [0.3, 0.4) is 0 Å². The van der Waals surface area contributed by atoms with Crippen molar-refractivity contribution in [3.8, 4) is 0 Å². The molecule has 1 aliphatic heterocycles. The fourth-order valence-corrected chi connectivity index (χ4v) is 2.14. The van der Waals surface area contributed by atoms with Crippen LogP contribution in [-0.2, 0) is 0 Å². The van der Waals surface area contributed by atoms with Crippen molar-refractivity contribution in [1.29, 1.82) is 0 Å². The Labute approximate surface area is 85.7 Å². The zero-order valence-corrected chi connectivity index (χ0v) is 8.96. The summed E-state index contributed by atoms with van der Waals surface area (Å²) in [6.07, 6.45) is 2.28. The molecule has 1 aliphatic rings. The maximum Gasteiger partial charge on any atom is 0.0412 e. The number of aryl methyl sites for hydroxylation is 1. The average Bonchev–Trinajstić information content (AvgIpc) is 2.28. The summed E-state index contributed by atoms with van der Waals surface area (Å²) in [4.78, 5) is 2.31. The second kappa shape index (κ2) is 3.62. The van der Waals surface area contributed by atoms with Gasteiger partial charge in [0.2, 0.25) is 0 Å². The number of nitrogens with zero attached hydrogens (tertiary/aromatic N) is 1. The first kappa shape index (κ1) is 9.53. The molecule has 0 amide bonds. The quantitative estimate of drug-likeness (QED) is 0.679. The highest BCUT2D eigenvalue weighted by Crippen LogP contribution is 2.31. The molecule has 14 heavy (non-hydrogen) atoms. The molecule has 1 unspecified atom stereocenters. The van der Waals surface area contributed by atoms with Crippen LogP contribution in [0.5, 0.6) is 0 Å². The van der Waals surface area contributed by atoms with E-state index in [1.807, 2.05) is 0 Å². The molecule has 1 aromatic rings. The molecule has 0 fully saturated rings. The number of nitrogens with two attached hydrogens (primary N) is 1. The van der Waals surface area contributed by atoms with Crippen molar-refractivity contribution in [3.05, 3.63) is 29.3 Å². The number of anilines is 1. The van der Waals surface area contributed by atoms with Gasteiger partial charge in [-0.3, -0.25) is 0 Å². The maximum atomic E-state index is 6.15. The highest BCUT2D eigenvalue weighted by molar-refractivity contribution is 5.56. The molecule has 1 atom stereocenters. The first-order valence-electron chi connectivity index (χ1n) is 5.26. The Morgan fingerprint density at radius 2 is 2.21 bits per heavy atom. The van der Waals surface area contributed by atoms with Crippen LogP contribution in [0.15, 0.2) is 18.2 Å². The van der Waals surface area contributed by atoms with Gasteiger partial charge in [0.1, 0.15) is 0 Å². The predicted octanol–water partition coefficient (Wildman–Crippen LogP) is 2.22. The van der Waals surface area contributed by atoms with E-state index in [0.717, 1.165) is 13.0 Å². The van der Waals surface area contributed by atoms with Crippen molar-refractivity contribution in [2.45, 2.75) is 25.8 Å². The molecule has 2 rings (SSSR count). The van der Waals surface area contributed by atoms with Gasteiger partial charge in [-0.25, -0.2) is 0 Å². The number of fused-ring (bicyclic) bond motifs is 1. The summed E-state index contributed by atoms with van der Waals surface area (Å²) in [7, 11) is 2.15. The first-order valence-corrected chi connectivity index (χ1v) is 5.26. The van der Waals surface area contributed by atoms with Gasteiger partial charge in [-0.1, -0.05) is 17.7 Å². The van der Waals surface area contributed by atoms with Crippen LogP contribution in [0.25, 0.3) is 0 Å². The van der Waals surface area contributed by atoms with Gasteiger partial charge in [0.05, 0.1) is 0 Å². The monoisotopic (exact) mass is 190 g/mol. The maximum absolute atomic E-state index is 6.15. The zero-order chi connectivity index (χ0) is 10.1. The largest absolute Gasteiger partial charge is 0.374 e. The van der Waals surface area contributed by atoms with Crippen molar-refractivity contribution >= 4 is 5.69 Å². The average molecular weight is 190 g/mol. The molecule has 76 valence electrons. The number of rotatable bonds is 0. The zero-order valence-electron chi connectivity index (χ0n) is 8.96. The summed E-state index contributed by atoms with van der Waals surface area (Å²) in [5, 5.41) is 0. The summed E-state index contributed by atoms with van der Waals surface area (Å²) in [6, 6.07) is 6.79. The van der Waals surface area contributed by atoms with Crippen molar-refractivity contribution in [2.24, 2.45) is 5.73 Å². The molecule has 0 saturated carbocycles. The van der Waals surface area contributed by atoms with Crippen LogP contribution in [0.1, 0.15) is 30.0 Å². The summed E-state index contributed by atoms with van der Waals surface area (Å²) in [5.41, 5.74) is 10.1. The van der Waals surface area contributed by atoms with Crippen LogP contribution in [0.4, 0.5) is 5.69 Å². The van der Waals surface area contributed by atoms with Crippen LogP contribution in [0.2, 0.25) is 0 Å². The standard InChI is InChI=1S/C12H18N2/c1-9-5-6-12-10(8-9)11(13)4-3-7-14(12)2/h5-6,8,11H,3-4,7,13H2,1-2H3. The van der Waals surface area contributed by atoms with E-state index in [0.29, 0.717) is 0 Å². The van der Waals surface area contributed by atoms with Gasteiger partial charge in [-0.2, -0.15) is 0 Å². The Morgan fingerprint density at radius 3 is 3.00 bits per heavy atom. The summed E-state index contributed by atoms with van der Waals surface area (Å²) in [6.45, 7) is 3.24. The molecular formula is C12H18N2. The first-order chi connectivity index (χ1) is 6.68. The molecule has 0 bridgehead atoms. The topological polar surface area (TPSA) is 29.3 Å². The van der Waals surface area contributed by atoms with Crippen LogP contribution >= 0.6 is 0 Å². The lowest BCUT2D eigenvalue weighted by Gasteiger charge is -2.20. The molecule has 0 saturated heterocycles. The van der Waals surface area contributed by atoms with E-state index in [1.165, 1.54) is 23.2 Å². The number of hydrogen-bond donors (Lipinski definition) is 1. The fourth-order valence-electron chi connectivity index (χ4n) is 2.14. The number of hydrogen-bond acceptors (Lipinski definition) is 2. The van der Waals surface area contributed by atoms with Gasteiger partial charge in [-0.15, -0.1) is 0 Å². The molecule has 2 N–H and O–H groups in total. The van der Waals surface area contributed by atoms with E-state index < -0.39 is 0 Å². The lowest BCUT2D eigenvalue weighted by Crippen LogP contribution is -2.18. The molecule has 2 nitrogen and oxygen atoms in total. The predicted molar refractivity (Wildman–Crippen MR) is 60.6 cm³/mol. The second-order valence-electron chi connectivity index (χ2n) is 4.23. The highest BCUT2D eigenvalue weighted by Gasteiger charge is 2.17. The third-order valence-corrected chi connectivity index (χ3v) is 3.00. The molecule has 0 spiro atoms. The summed E-state index contributed by atoms with van der Waals surface area (Å²) < 4.78 is 0.